The van der Waals surface area contributed by atoms with Crippen molar-refractivity contribution in [1.82, 2.24) is 5.32 Å². The van der Waals surface area contributed by atoms with Gasteiger partial charge in [0.05, 0.1) is 0 Å². The summed E-state index contributed by atoms with van der Waals surface area (Å²) in [7, 11) is 0. The van der Waals surface area contributed by atoms with Crippen molar-refractivity contribution in [1.29, 1.82) is 0 Å². The third-order valence-electron chi connectivity index (χ3n) is 1.56. The summed E-state index contributed by atoms with van der Waals surface area (Å²) >= 11 is 0. The van der Waals surface area contributed by atoms with Crippen LogP contribution in [-0.2, 0) is 6.54 Å². The van der Waals surface area contributed by atoms with Crippen LogP contribution in [0.4, 0.5) is 0 Å². The lowest BCUT2D eigenvalue weighted by atomic mass is 10.2. The molecule has 0 spiro atoms. The average Bonchev–Trinajstić information content (AvgIpc) is 2.05. The Morgan fingerprint density at radius 2 is 2.25 bits per heavy atom. The molecule has 0 atom stereocenters. The fourth-order valence-corrected chi connectivity index (χ4v) is 1.00. The molecular weight excluding hydrogens is 150 g/mol. The molecule has 0 heterocycles. The summed E-state index contributed by atoms with van der Waals surface area (Å²) in [6, 6.07) is 7.19. The van der Waals surface area contributed by atoms with Crippen molar-refractivity contribution in [2.75, 3.05) is 6.54 Å². The minimum absolute atomic E-state index is 0.307. The monoisotopic (exact) mass is 163 g/mol. The molecule has 1 rings (SSSR count). The first-order chi connectivity index (χ1) is 5.83. The van der Waals surface area contributed by atoms with Gasteiger partial charge in [-0.3, -0.25) is 0 Å². The van der Waals surface area contributed by atoms with Crippen LogP contribution < -0.4 is 5.32 Å². The Bertz CT molecular complexity index is 235. The number of benzene rings is 1. The van der Waals surface area contributed by atoms with Crippen LogP contribution in [0.5, 0.6) is 5.75 Å². The van der Waals surface area contributed by atoms with Crippen molar-refractivity contribution < 1.29 is 5.11 Å². The summed E-state index contributed by atoms with van der Waals surface area (Å²) in [5.41, 5.74) is 1.07. The molecule has 2 nitrogen and oxygen atoms in total. The number of nitrogens with one attached hydrogen (secondary N) is 1. The van der Waals surface area contributed by atoms with Gasteiger partial charge >= 0.3 is 0 Å². The minimum atomic E-state index is 0.307. The predicted octanol–water partition coefficient (Wildman–Crippen LogP) is 1.58. The van der Waals surface area contributed by atoms with Crippen LogP contribution in [0.3, 0.4) is 0 Å². The molecular formula is C10H13NO. The molecule has 0 bridgehead atoms. The van der Waals surface area contributed by atoms with Crippen molar-refractivity contribution in [3.05, 3.63) is 36.8 Å². The smallest absolute Gasteiger partial charge is 0.115 e. The van der Waals surface area contributed by atoms with Gasteiger partial charge in [-0.05, 0) is 37.6 Å². The number of phenols is 1. The van der Waals surface area contributed by atoms with Gasteiger partial charge in [0.25, 0.3) is 0 Å². The number of rotatable bonds is 4. The molecule has 0 saturated carbocycles. The van der Waals surface area contributed by atoms with Crippen molar-refractivity contribution >= 4 is 0 Å². The molecule has 2 N–H and O–H groups in total. The van der Waals surface area contributed by atoms with Crippen LogP contribution in [0.2, 0.25) is 0 Å². The number of aromatic hydroxyl groups is 1. The summed E-state index contributed by atoms with van der Waals surface area (Å²) in [6.45, 7) is 6.87. The van der Waals surface area contributed by atoms with Crippen molar-refractivity contribution in [2.45, 2.75) is 13.0 Å². The number of hydrogen-bond acceptors (Lipinski definition) is 2. The largest absolute Gasteiger partial charge is 0.508 e. The van der Waals surface area contributed by atoms with E-state index in [-0.39, 0.29) is 0 Å². The van der Waals surface area contributed by atoms with Crippen LogP contribution in [0.1, 0.15) is 12.0 Å². The first kappa shape index (κ1) is 9.07. The maximum atomic E-state index is 9.12. The van der Waals surface area contributed by atoms with Crippen LogP contribution in [0.15, 0.2) is 24.3 Å². The highest BCUT2D eigenvalue weighted by atomic mass is 16.3. The zero-order chi connectivity index (χ0) is 8.81. The molecule has 0 aromatic heterocycles. The SMILES string of the molecule is [CH]CCNCc1cccc(O)c1. The zero-order valence-corrected chi connectivity index (χ0v) is 6.96. The van der Waals surface area contributed by atoms with E-state index in [9.17, 15) is 0 Å². The Kier molecular flexibility index (Phi) is 3.61. The number of hydrogen-bond donors (Lipinski definition) is 2. The third kappa shape index (κ3) is 2.93. The summed E-state index contributed by atoms with van der Waals surface area (Å²) in [5.74, 6) is 0.307. The Morgan fingerprint density at radius 1 is 1.42 bits per heavy atom. The Balaban J connectivity index is 2.41. The van der Waals surface area contributed by atoms with E-state index in [0.717, 1.165) is 18.7 Å². The second kappa shape index (κ2) is 4.78. The molecule has 2 heteroatoms. The first-order valence-corrected chi connectivity index (χ1v) is 4.01. The molecule has 0 unspecified atom stereocenters. The van der Waals surface area contributed by atoms with Gasteiger partial charge in [-0.1, -0.05) is 12.1 Å². The van der Waals surface area contributed by atoms with E-state index in [1.165, 1.54) is 0 Å². The molecule has 64 valence electrons. The molecule has 0 aliphatic carbocycles. The third-order valence-corrected chi connectivity index (χ3v) is 1.56. The summed E-state index contributed by atoms with van der Waals surface area (Å²) in [5, 5.41) is 12.3. The van der Waals surface area contributed by atoms with Crippen LogP contribution in [0.25, 0.3) is 0 Å². The highest BCUT2D eigenvalue weighted by molar-refractivity contribution is 5.26. The highest BCUT2D eigenvalue weighted by Crippen LogP contribution is 2.10. The van der Waals surface area contributed by atoms with Gasteiger partial charge < -0.3 is 10.4 Å². The average molecular weight is 163 g/mol. The molecule has 1 aromatic rings. The predicted molar refractivity (Wildman–Crippen MR) is 48.7 cm³/mol. The van der Waals surface area contributed by atoms with E-state index < -0.39 is 0 Å². The Hall–Kier alpha value is -1.02. The fraction of sp³-hybridized carbons (Fsp3) is 0.300. The molecule has 2 radical (unpaired) electrons. The molecule has 0 aliphatic heterocycles. The quantitative estimate of drug-likeness (QED) is 0.660. The topological polar surface area (TPSA) is 32.3 Å². The van der Waals surface area contributed by atoms with E-state index in [1.54, 1.807) is 12.1 Å². The molecule has 0 aliphatic rings. The van der Waals surface area contributed by atoms with Crippen molar-refractivity contribution in [3.63, 3.8) is 0 Å². The summed E-state index contributed by atoms with van der Waals surface area (Å²) in [4.78, 5) is 0. The summed E-state index contributed by atoms with van der Waals surface area (Å²) in [6.07, 6.45) is 0.638. The molecule has 0 fully saturated rings. The van der Waals surface area contributed by atoms with Crippen molar-refractivity contribution in [2.24, 2.45) is 0 Å². The van der Waals surface area contributed by atoms with E-state index in [4.69, 9.17) is 12.0 Å². The second-order valence-corrected chi connectivity index (χ2v) is 2.64. The molecule has 0 amide bonds. The highest BCUT2D eigenvalue weighted by Gasteiger charge is 1.92. The van der Waals surface area contributed by atoms with Gasteiger partial charge in [0, 0.05) is 6.54 Å². The van der Waals surface area contributed by atoms with Gasteiger partial charge in [0.15, 0.2) is 0 Å². The van der Waals surface area contributed by atoms with Crippen LogP contribution in [0, 0.1) is 6.92 Å². The van der Waals surface area contributed by atoms with Gasteiger partial charge in [-0.25, -0.2) is 0 Å². The van der Waals surface area contributed by atoms with E-state index >= 15 is 0 Å². The van der Waals surface area contributed by atoms with Gasteiger partial charge in [0.1, 0.15) is 5.75 Å². The van der Waals surface area contributed by atoms with Crippen molar-refractivity contribution in [3.8, 4) is 5.75 Å². The lowest BCUT2D eigenvalue weighted by Crippen LogP contribution is -2.13. The number of phenolic OH excluding ortho intramolecular Hbond substituents is 1. The maximum Gasteiger partial charge on any atom is 0.115 e. The minimum Gasteiger partial charge on any atom is -0.508 e. The van der Waals surface area contributed by atoms with Crippen LogP contribution in [-0.4, -0.2) is 11.7 Å². The van der Waals surface area contributed by atoms with Crippen LogP contribution >= 0.6 is 0 Å². The molecule has 12 heavy (non-hydrogen) atoms. The normalized spacial score (nSPS) is 10.1. The zero-order valence-electron chi connectivity index (χ0n) is 6.96. The Morgan fingerprint density at radius 3 is 2.92 bits per heavy atom. The van der Waals surface area contributed by atoms with Gasteiger partial charge in [0.2, 0.25) is 0 Å². The maximum absolute atomic E-state index is 9.12. The standard InChI is InChI=1S/C10H13NO/c1-2-6-11-8-9-4-3-5-10(12)7-9/h1,3-5,7,11-12H,2,6,8H2. The van der Waals surface area contributed by atoms with Gasteiger partial charge in [-0.15, -0.1) is 0 Å². The van der Waals surface area contributed by atoms with E-state index in [2.05, 4.69) is 5.32 Å². The second-order valence-electron chi connectivity index (χ2n) is 2.64. The Labute approximate surface area is 73.2 Å². The van der Waals surface area contributed by atoms with E-state index in [1.807, 2.05) is 12.1 Å². The lowest BCUT2D eigenvalue weighted by molar-refractivity contribution is 0.474. The van der Waals surface area contributed by atoms with E-state index in [0.29, 0.717) is 12.2 Å². The fourth-order valence-electron chi connectivity index (χ4n) is 1.00. The molecule has 1 aromatic carbocycles. The molecule has 0 saturated heterocycles. The lowest BCUT2D eigenvalue weighted by Gasteiger charge is -2.02. The van der Waals surface area contributed by atoms with Gasteiger partial charge in [-0.2, -0.15) is 0 Å². The summed E-state index contributed by atoms with van der Waals surface area (Å²) < 4.78 is 0. The first-order valence-electron chi connectivity index (χ1n) is 4.01.